The third kappa shape index (κ3) is 2.16. The number of ketones is 1. The molecule has 0 atom stereocenters. The van der Waals surface area contributed by atoms with Gasteiger partial charge in [0, 0.05) is 19.7 Å². The van der Waals surface area contributed by atoms with Crippen molar-refractivity contribution in [1.82, 2.24) is 0 Å². The smallest absolute Gasteiger partial charge is 0.377 e. The summed E-state index contributed by atoms with van der Waals surface area (Å²) in [4.78, 5) is 22.7. The number of aliphatic carboxylic acids is 1. The molecule has 1 rings (SSSR count). The molecule has 6 heteroatoms. The van der Waals surface area contributed by atoms with Gasteiger partial charge in [-0.3, -0.25) is 4.79 Å². The van der Waals surface area contributed by atoms with E-state index >= 15 is 0 Å². The summed E-state index contributed by atoms with van der Waals surface area (Å²) in [5.74, 6) is -5.36. The minimum atomic E-state index is -1.71. The van der Waals surface area contributed by atoms with Crippen LogP contribution >= 0.6 is 0 Å². The van der Waals surface area contributed by atoms with Crippen LogP contribution in [0, 0.1) is 11.6 Å². The second-order valence-electron chi connectivity index (χ2n) is 3.32. The van der Waals surface area contributed by atoms with E-state index in [1.807, 2.05) is 0 Å². The summed E-state index contributed by atoms with van der Waals surface area (Å²) in [5.41, 5.74) is -0.570. The molecule has 0 radical (unpaired) electrons. The normalized spacial score (nSPS) is 10.0. The van der Waals surface area contributed by atoms with Crippen LogP contribution in [0.3, 0.4) is 0 Å². The Morgan fingerprint density at radius 1 is 1.25 bits per heavy atom. The lowest BCUT2D eigenvalue weighted by Gasteiger charge is -2.14. The third-order valence-corrected chi connectivity index (χ3v) is 1.95. The fourth-order valence-corrected chi connectivity index (χ4v) is 1.15. The van der Waals surface area contributed by atoms with Crippen LogP contribution in [0.2, 0.25) is 0 Å². The Morgan fingerprint density at radius 3 is 2.25 bits per heavy atom. The molecule has 0 aliphatic carbocycles. The topological polar surface area (TPSA) is 57.6 Å². The van der Waals surface area contributed by atoms with Crippen LogP contribution in [-0.4, -0.2) is 31.0 Å². The first-order valence-electron chi connectivity index (χ1n) is 4.28. The van der Waals surface area contributed by atoms with Crippen LogP contribution in [0.15, 0.2) is 12.1 Å². The first-order valence-corrected chi connectivity index (χ1v) is 4.28. The van der Waals surface area contributed by atoms with Crippen molar-refractivity contribution < 1.29 is 23.5 Å². The first-order chi connectivity index (χ1) is 7.34. The molecule has 0 saturated carbocycles. The molecule has 0 aliphatic heterocycles. The van der Waals surface area contributed by atoms with Crippen LogP contribution in [-0.2, 0) is 4.79 Å². The second-order valence-corrected chi connectivity index (χ2v) is 3.32. The van der Waals surface area contributed by atoms with E-state index in [9.17, 15) is 18.4 Å². The number of carbonyl (C=O) groups excluding carboxylic acids is 1. The van der Waals surface area contributed by atoms with E-state index in [4.69, 9.17) is 5.11 Å². The van der Waals surface area contributed by atoms with Crippen molar-refractivity contribution in [2.45, 2.75) is 0 Å². The summed E-state index contributed by atoms with van der Waals surface area (Å²) in [7, 11) is 2.90. The molecule has 0 aliphatic rings. The minimum absolute atomic E-state index is 0.176. The summed E-state index contributed by atoms with van der Waals surface area (Å²) in [5, 5.41) is 8.45. The van der Waals surface area contributed by atoms with Gasteiger partial charge in [-0.2, -0.15) is 0 Å². The van der Waals surface area contributed by atoms with Gasteiger partial charge < -0.3 is 10.0 Å². The highest BCUT2D eigenvalue weighted by atomic mass is 19.2. The van der Waals surface area contributed by atoms with Gasteiger partial charge in [-0.1, -0.05) is 0 Å². The molecule has 0 unspecified atom stereocenters. The maximum atomic E-state index is 13.2. The maximum Gasteiger partial charge on any atom is 0.377 e. The number of halogens is 2. The monoisotopic (exact) mass is 229 g/mol. The van der Waals surface area contributed by atoms with E-state index < -0.39 is 29.0 Å². The Balaban J connectivity index is 3.35. The van der Waals surface area contributed by atoms with Crippen molar-refractivity contribution in [3.63, 3.8) is 0 Å². The highest BCUT2D eigenvalue weighted by Crippen LogP contribution is 2.22. The lowest BCUT2D eigenvalue weighted by Crippen LogP contribution is -2.17. The van der Waals surface area contributed by atoms with Gasteiger partial charge in [0.05, 0.1) is 5.69 Å². The molecule has 86 valence electrons. The van der Waals surface area contributed by atoms with Crippen molar-refractivity contribution >= 4 is 17.4 Å². The second kappa shape index (κ2) is 4.26. The molecule has 0 saturated heterocycles. The summed E-state index contributed by atoms with van der Waals surface area (Å²) < 4.78 is 26.3. The minimum Gasteiger partial charge on any atom is -0.475 e. The molecule has 0 bridgehead atoms. The Labute approximate surface area is 90.1 Å². The van der Waals surface area contributed by atoms with Crippen molar-refractivity contribution in [2.75, 3.05) is 19.0 Å². The number of carbonyl (C=O) groups is 2. The average molecular weight is 229 g/mol. The zero-order chi connectivity index (χ0) is 12.5. The molecule has 1 N–H and O–H groups in total. The van der Waals surface area contributed by atoms with E-state index in [1.165, 1.54) is 19.0 Å². The average Bonchev–Trinajstić information content (AvgIpc) is 2.20. The van der Waals surface area contributed by atoms with Gasteiger partial charge in [0.1, 0.15) is 0 Å². The first kappa shape index (κ1) is 12.1. The van der Waals surface area contributed by atoms with Gasteiger partial charge in [0.25, 0.3) is 5.78 Å². The highest BCUT2D eigenvalue weighted by molar-refractivity contribution is 6.39. The molecule has 4 nitrogen and oxygen atoms in total. The number of anilines is 1. The molecule has 0 amide bonds. The predicted octanol–water partition coefficient (Wildman–Crippen LogP) is 1.30. The Morgan fingerprint density at radius 2 is 1.81 bits per heavy atom. The van der Waals surface area contributed by atoms with Crippen LogP contribution < -0.4 is 4.90 Å². The Kier molecular flexibility index (Phi) is 3.22. The summed E-state index contributed by atoms with van der Waals surface area (Å²) in [6.07, 6.45) is 0. The molecular weight excluding hydrogens is 220 g/mol. The SMILES string of the molecule is CN(C)c1cc(C(=O)C(=O)O)cc(F)c1F. The van der Waals surface area contributed by atoms with Crippen LogP contribution in [0.5, 0.6) is 0 Å². The van der Waals surface area contributed by atoms with Gasteiger partial charge in [-0.15, -0.1) is 0 Å². The van der Waals surface area contributed by atoms with Crippen molar-refractivity contribution in [3.8, 4) is 0 Å². The fourth-order valence-electron chi connectivity index (χ4n) is 1.15. The van der Waals surface area contributed by atoms with Crippen molar-refractivity contribution in [1.29, 1.82) is 0 Å². The standard InChI is InChI=1S/C10H9F2NO3/c1-13(2)7-4-5(9(14)10(15)16)3-6(11)8(7)12/h3-4H,1-2H3,(H,15,16). The Bertz CT molecular complexity index is 458. The largest absolute Gasteiger partial charge is 0.475 e. The summed E-state index contributed by atoms with van der Waals surface area (Å²) >= 11 is 0. The molecule has 16 heavy (non-hydrogen) atoms. The van der Waals surface area contributed by atoms with E-state index in [0.29, 0.717) is 6.07 Å². The zero-order valence-electron chi connectivity index (χ0n) is 8.62. The number of hydrogen-bond donors (Lipinski definition) is 1. The van der Waals surface area contributed by atoms with Gasteiger partial charge in [0.15, 0.2) is 11.6 Å². The molecule has 0 spiro atoms. The van der Waals surface area contributed by atoms with Crippen molar-refractivity contribution in [3.05, 3.63) is 29.3 Å². The molecule has 0 aromatic heterocycles. The number of benzene rings is 1. The van der Waals surface area contributed by atoms with Crippen LogP contribution in [0.25, 0.3) is 0 Å². The highest BCUT2D eigenvalue weighted by Gasteiger charge is 2.20. The lowest BCUT2D eigenvalue weighted by molar-refractivity contribution is -0.131. The van der Waals surface area contributed by atoms with Gasteiger partial charge in [0.2, 0.25) is 0 Å². The molecular formula is C10H9F2NO3. The zero-order valence-corrected chi connectivity index (χ0v) is 8.62. The van der Waals surface area contributed by atoms with E-state index in [1.54, 1.807) is 0 Å². The third-order valence-electron chi connectivity index (χ3n) is 1.95. The van der Waals surface area contributed by atoms with Crippen molar-refractivity contribution in [2.24, 2.45) is 0 Å². The maximum absolute atomic E-state index is 13.2. The molecule has 0 fully saturated rings. The number of nitrogens with zero attached hydrogens (tertiary/aromatic N) is 1. The van der Waals surface area contributed by atoms with E-state index in [0.717, 1.165) is 6.07 Å². The van der Waals surface area contributed by atoms with Gasteiger partial charge in [-0.05, 0) is 12.1 Å². The van der Waals surface area contributed by atoms with Crippen LogP contribution in [0.1, 0.15) is 10.4 Å². The number of carboxylic acid groups (broad SMARTS) is 1. The molecule has 0 heterocycles. The van der Waals surface area contributed by atoms with E-state index in [-0.39, 0.29) is 5.69 Å². The van der Waals surface area contributed by atoms with E-state index in [2.05, 4.69) is 0 Å². The number of Topliss-reactive ketones (excluding diaryl/α,β-unsaturated/α-hetero) is 1. The predicted molar refractivity (Wildman–Crippen MR) is 52.7 cm³/mol. The fraction of sp³-hybridized carbons (Fsp3) is 0.200. The molecule has 1 aromatic rings. The Hall–Kier alpha value is -1.98. The quantitative estimate of drug-likeness (QED) is 0.627. The molecule has 1 aromatic carbocycles. The number of rotatable bonds is 3. The van der Waals surface area contributed by atoms with Crippen LogP contribution in [0.4, 0.5) is 14.5 Å². The lowest BCUT2D eigenvalue weighted by atomic mass is 10.1. The van der Waals surface area contributed by atoms with Gasteiger partial charge in [-0.25, -0.2) is 13.6 Å². The number of carboxylic acids is 1. The summed E-state index contributed by atoms with van der Waals surface area (Å²) in [6, 6.07) is 1.56. The van der Waals surface area contributed by atoms with Gasteiger partial charge >= 0.3 is 5.97 Å². The number of hydrogen-bond acceptors (Lipinski definition) is 3. The summed E-state index contributed by atoms with van der Waals surface area (Å²) in [6.45, 7) is 0.